The molecule has 2 aromatic heterocycles. The van der Waals surface area contributed by atoms with E-state index in [0.29, 0.717) is 5.92 Å². The highest BCUT2D eigenvalue weighted by atomic mass is 16.1. The molecule has 0 radical (unpaired) electrons. The first-order chi connectivity index (χ1) is 12.0. The summed E-state index contributed by atoms with van der Waals surface area (Å²) in [6, 6.07) is 2.03. The molecule has 7 heteroatoms. The van der Waals surface area contributed by atoms with Crippen molar-refractivity contribution in [3.63, 3.8) is 0 Å². The number of hydrogen-bond donors (Lipinski definition) is 0. The molecule has 1 saturated heterocycles. The SMILES string of the molecule is Cc1ncn(CC2CCN(c3cc(N(C)C)ncn3)CC2)c(=O)c1C. The molecule has 1 fully saturated rings. The molecule has 0 N–H and O–H groups in total. The monoisotopic (exact) mass is 342 g/mol. The van der Waals surface area contributed by atoms with Crippen LogP contribution in [0.2, 0.25) is 0 Å². The van der Waals surface area contributed by atoms with Gasteiger partial charge in [-0.25, -0.2) is 15.0 Å². The molecule has 25 heavy (non-hydrogen) atoms. The van der Waals surface area contributed by atoms with Gasteiger partial charge in [0.2, 0.25) is 0 Å². The van der Waals surface area contributed by atoms with Crippen LogP contribution in [-0.2, 0) is 6.54 Å². The van der Waals surface area contributed by atoms with Crippen LogP contribution in [-0.4, -0.2) is 46.7 Å². The molecule has 1 aliphatic rings. The van der Waals surface area contributed by atoms with Crippen molar-refractivity contribution < 1.29 is 0 Å². The van der Waals surface area contributed by atoms with Crippen molar-refractivity contribution >= 4 is 11.6 Å². The number of nitrogens with zero attached hydrogens (tertiary/aromatic N) is 6. The van der Waals surface area contributed by atoms with Gasteiger partial charge in [0.1, 0.15) is 18.0 Å². The Hall–Kier alpha value is -2.44. The fraction of sp³-hybridized carbons (Fsp3) is 0.556. The first-order valence-corrected chi connectivity index (χ1v) is 8.72. The Balaban J connectivity index is 1.64. The molecular weight excluding hydrogens is 316 g/mol. The van der Waals surface area contributed by atoms with Gasteiger partial charge >= 0.3 is 0 Å². The summed E-state index contributed by atoms with van der Waals surface area (Å²) in [6.07, 6.45) is 5.39. The van der Waals surface area contributed by atoms with Crippen LogP contribution in [0, 0.1) is 19.8 Å². The highest BCUT2D eigenvalue weighted by molar-refractivity contribution is 5.49. The molecule has 0 amide bonds. The van der Waals surface area contributed by atoms with E-state index in [4.69, 9.17) is 0 Å². The summed E-state index contributed by atoms with van der Waals surface area (Å²) in [4.78, 5) is 29.6. The highest BCUT2D eigenvalue weighted by Gasteiger charge is 2.21. The first kappa shape index (κ1) is 17.4. The number of anilines is 2. The molecule has 0 aliphatic carbocycles. The van der Waals surface area contributed by atoms with E-state index in [2.05, 4.69) is 19.9 Å². The van der Waals surface area contributed by atoms with Crippen molar-refractivity contribution in [1.82, 2.24) is 19.5 Å². The van der Waals surface area contributed by atoms with Crippen LogP contribution in [0.5, 0.6) is 0 Å². The van der Waals surface area contributed by atoms with Crippen molar-refractivity contribution in [3.8, 4) is 0 Å². The van der Waals surface area contributed by atoms with Crippen molar-refractivity contribution in [2.24, 2.45) is 5.92 Å². The van der Waals surface area contributed by atoms with Crippen LogP contribution in [0.3, 0.4) is 0 Å². The van der Waals surface area contributed by atoms with Gasteiger partial charge in [-0.1, -0.05) is 0 Å². The summed E-state index contributed by atoms with van der Waals surface area (Å²) in [7, 11) is 3.96. The largest absolute Gasteiger partial charge is 0.363 e. The summed E-state index contributed by atoms with van der Waals surface area (Å²) in [5, 5.41) is 0. The van der Waals surface area contributed by atoms with Crippen molar-refractivity contribution in [2.45, 2.75) is 33.2 Å². The fourth-order valence-electron chi connectivity index (χ4n) is 3.18. The minimum atomic E-state index is 0.0846. The number of rotatable bonds is 4. The number of hydrogen-bond acceptors (Lipinski definition) is 6. The minimum absolute atomic E-state index is 0.0846. The highest BCUT2D eigenvalue weighted by Crippen LogP contribution is 2.24. The van der Waals surface area contributed by atoms with Gasteiger partial charge in [-0.2, -0.15) is 0 Å². The van der Waals surface area contributed by atoms with Crippen molar-refractivity contribution in [3.05, 3.63) is 40.3 Å². The van der Waals surface area contributed by atoms with E-state index in [1.807, 2.05) is 38.9 Å². The predicted molar refractivity (Wildman–Crippen MR) is 99.3 cm³/mol. The summed E-state index contributed by atoms with van der Waals surface area (Å²) in [5.74, 6) is 2.38. The summed E-state index contributed by atoms with van der Waals surface area (Å²) < 4.78 is 1.76. The topological polar surface area (TPSA) is 67.2 Å². The average Bonchev–Trinajstić information content (AvgIpc) is 2.63. The molecule has 0 unspecified atom stereocenters. The van der Waals surface area contributed by atoms with E-state index in [1.165, 1.54) is 0 Å². The molecule has 3 heterocycles. The van der Waals surface area contributed by atoms with Gasteiger partial charge < -0.3 is 9.80 Å². The molecule has 7 nitrogen and oxygen atoms in total. The minimum Gasteiger partial charge on any atom is -0.363 e. The Morgan fingerprint density at radius 3 is 2.56 bits per heavy atom. The van der Waals surface area contributed by atoms with E-state index < -0.39 is 0 Å². The van der Waals surface area contributed by atoms with Crippen molar-refractivity contribution in [1.29, 1.82) is 0 Å². The van der Waals surface area contributed by atoms with E-state index in [9.17, 15) is 4.79 Å². The fourth-order valence-corrected chi connectivity index (χ4v) is 3.18. The Kier molecular flexibility index (Phi) is 5.01. The second kappa shape index (κ2) is 7.21. The van der Waals surface area contributed by atoms with Gasteiger partial charge in [-0.15, -0.1) is 0 Å². The van der Waals surface area contributed by atoms with Gasteiger partial charge in [0.05, 0.1) is 6.33 Å². The van der Waals surface area contributed by atoms with E-state index in [1.54, 1.807) is 17.2 Å². The lowest BCUT2D eigenvalue weighted by atomic mass is 9.96. The summed E-state index contributed by atoms with van der Waals surface area (Å²) in [6.45, 7) is 6.36. The second-order valence-corrected chi connectivity index (χ2v) is 6.97. The second-order valence-electron chi connectivity index (χ2n) is 6.97. The lowest BCUT2D eigenvalue weighted by molar-refractivity contribution is 0.349. The smallest absolute Gasteiger partial charge is 0.256 e. The zero-order valence-electron chi connectivity index (χ0n) is 15.4. The van der Waals surface area contributed by atoms with Crippen LogP contribution in [0.4, 0.5) is 11.6 Å². The molecule has 0 spiro atoms. The van der Waals surface area contributed by atoms with Crippen LogP contribution in [0.25, 0.3) is 0 Å². The Morgan fingerprint density at radius 1 is 1.16 bits per heavy atom. The molecule has 0 aromatic carbocycles. The maximum Gasteiger partial charge on any atom is 0.256 e. The average molecular weight is 342 g/mol. The van der Waals surface area contributed by atoms with Crippen LogP contribution in [0.15, 0.2) is 23.5 Å². The molecular formula is C18H26N6O. The maximum atomic E-state index is 12.3. The van der Waals surface area contributed by atoms with Gasteiger partial charge in [0.15, 0.2) is 0 Å². The molecule has 0 saturated carbocycles. The van der Waals surface area contributed by atoms with E-state index in [0.717, 1.165) is 55.4 Å². The third kappa shape index (κ3) is 3.81. The number of aryl methyl sites for hydroxylation is 1. The molecule has 3 rings (SSSR count). The Labute approximate surface area is 148 Å². The molecule has 0 atom stereocenters. The summed E-state index contributed by atoms with van der Waals surface area (Å²) >= 11 is 0. The van der Waals surface area contributed by atoms with Crippen molar-refractivity contribution in [2.75, 3.05) is 37.0 Å². The molecule has 0 bridgehead atoms. The van der Waals surface area contributed by atoms with Crippen LogP contribution < -0.4 is 15.4 Å². The van der Waals surface area contributed by atoms with Gasteiger partial charge in [-0.05, 0) is 32.6 Å². The van der Waals surface area contributed by atoms with Gasteiger partial charge in [0.25, 0.3) is 5.56 Å². The third-order valence-corrected chi connectivity index (χ3v) is 5.00. The quantitative estimate of drug-likeness (QED) is 0.841. The Morgan fingerprint density at radius 2 is 1.88 bits per heavy atom. The molecule has 134 valence electrons. The van der Waals surface area contributed by atoms with Gasteiger partial charge in [-0.3, -0.25) is 9.36 Å². The number of aromatic nitrogens is 4. The predicted octanol–water partition coefficient (Wildman–Crippen LogP) is 1.63. The lowest BCUT2D eigenvalue weighted by Gasteiger charge is -2.33. The first-order valence-electron chi connectivity index (χ1n) is 8.72. The van der Waals surface area contributed by atoms with Gasteiger partial charge in [0, 0.05) is 51.1 Å². The normalized spacial score (nSPS) is 15.4. The van der Waals surface area contributed by atoms with Crippen LogP contribution in [0.1, 0.15) is 24.1 Å². The standard InChI is InChI=1S/C18H26N6O/c1-13-14(2)21-12-24(18(13)25)10-15-5-7-23(8-6-15)17-9-16(22(3)4)19-11-20-17/h9,11-12,15H,5-8,10H2,1-4H3. The zero-order chi connectivity index (χ0) is 18.0. The third-order valence-electron chi connectivity index (χ3n) is 5.00. The Bertz CT molecular complexity index is 792. The van der Waals surface area contributed by atoms with E-state index in [-0.39, 0.29) is 5.56 Å². The molecule has 1 aliphatic heterocycles. The lowest BCUT2D eigenvalue weighted by Crippen LogP contribution is -2.37. The molecule has 2 aromatic rings. The zero-order valence-corrected chi connectivity index (χ0v) is 15.4. The van der Waals surface area contributed by atoms with Crippen LogP contribution >= 0.6 is 0 Å². The number of piperidine rings is 1. The van der Waals surface area contributed by atoms with E-state index >= 15 is 0 Å². The summed E-state index contributed by atoms with van der Waals surface area (Å²) in [5.41, 5.74) is 1.65. The maximum absolute atomic E-state index is 12.3.